The lowest BCUT2D eigenvalue weighted by Crippen LogP contribution is -2.33. The largest absolute Gasteiger partial charge is 0.486 e. The highest BCUT2D eigenvalue weighted by Crippen LogP contribution is 2.43. The first-order valence-corrected chi connectivity index (χ1v) is 12.3. The molecule has 1 unspecified atom stereocenters. The molecule has 1 saturated carbocycles. The fourth-order valence-corrected chi connectivity index (χ4v) is 4.60. The van der Waals surface area contributed by atoms with Crippen molar-refractivity contribution in [1.29, 1.82) is 5.26 Å². The number of nitrogens with zero attached hydrogens (tertiary/aromatic N) is 2. The summed E-state index contributed by atoms with van der Waals surface area (Å²) in [6.45, 7) is 1.84. The van der Waals surface area contributed by atoms with Gasteiger partial charge in [-0.05, 0) is 62.1 Å². The van der Waals surface area contributed by atoms with Crippen molar-refractivity contribution in [2.75, 3.05) is 25.3 Å². The van der Waals surface area contributed by atoms with E-state index < -0.39 is 18.4 Å². The van der Waals surface area contributed by atoms with Crippen LogP contribution in [0.3, 0.4) is 0 Å². The molecule has 2 aromatic carbocycles. The molecule has 2 heterocycles. The number of aromatic nitrogens is 1. The van der Waals surface area contributed by atoms with Crippen molar-refractivity contribution in [2.24, 2.45) is 0 Å². The van der Waals surface area contributed by atoms with Crippen LogP contribution in [-0.2, 0) is 14.2 Å². The molecule has 200 valence electrons. The summed E-state index contributed by atoms with van der Waals surface area (Å²) in [5, 5.41) is 13.3. The number of nitriles is 1. The Bertz CT molecular complexity index is 1350. The highest BCUT2D eigenvalue weighted by atomic mass is 19.4. The third kappa shape index (κ3) is 5.28. The van der Waals surface area contributed by atoms with Crippen LogP contribution in [0.25, 0.3) is 22.2 Å². The number of amides is 1. The van der Waals surface area contributed by atoms with Crippen LogP contribution >= 0.6 is 0 Å². The molecule has 3 aromatic rings. The van der Waals surface area contributed by atoms with Gasteiger partial charge in [0.15, 0.2) is 6.10 Å². The van der Waals surface area contributed by atoms with Gasteiger partial charge >= 0.3 is 12.3 Å². The average molecular weight is 530 g/mol. The molecule has 0 bridgehead atoms. The molecule has 1 N–H and O–H groups in total. The van der Waals surface area contributed by atoms with Crippen LogP contribution in [0.15, 0.2) is 42.5 Å². The second-order valence-electron chi connectivity index (χ2n) is 9.36. The Morgan fingerprint density at radius 1 is 1.16 bits per heavy atom. The van der Waals surface area contributed by atoms with Crippen molar-refractivity contribution < 1.29 is 36.9 Å². The topological polar surface area (TPSA) is 94.7 Å². The average Bonchev–Trinajstić information content (AvgIpc) is 3.16. The molecule has 5 rings (SSSR count). The molecule has 0 spiro atoms. The Balaban J connectivity index is 1.45. The Morgan fingerprint density at radius 2 is 1.87 bits per heavy atom. The summed E-state index contributed by atoms with van der Waals surface area (Å²) in [4.78, 5) is 11.9. The van der Waals surface area contributed by atoms with Gasteiger partial charge in [0, 0.05) is 17.1 Å². The minimum Gasteiger partial charge on any atom is -0.486 e. The first-order chi connectivity index (χ1) is 18.2. The van der Waals surface area contributed by atoms with E-state index >= 15 is 0 Å². The Morgan fingerprint density at radius 3 is 2.47 bits per heavy atom. The molecule has 0 radical (unpaired) electrons. The van der Waals surface area contributed by atoms with Crippen LogP contribution < -0.4 is 10.1 Å². The van der Waals surface area contributed by atoms with Crippen molar-refractivity contribution in [3.05, 3.63) is 48.0 Å². The second-order valence-corrected chi connectivity index (χ2v) is 9.36. The van der Waals surface area contributed by atoms with Gasteiger partial charge in [-0.15, -0.1) is 0 Å². The van der Waals surface area contributed by atoms with Gasteiger partial charge in [-0.25, -0.2) is 4.79 Å². The molecular weight excluding hydrogens is 503 g/mol. The van der Waals surface area contributed by atoms with E-state index in [4.69, 9.17) is 14.2 Å². The van der Waals surface area contributed by atoms with Crippen LogP contribution in [0.5, 0.6) is 5.75 Å². The van der Waals surface area contributed by atoms with E-state index in [0.29, 0.717) is 24.5 Å². The van der Waals surface area contributed by atoms with Crippen molar-refractivity contribution in [3.8, 4) is 23.1 Å². The zero-order valence-electron chi connectivity index (χ0n) is 20.6. The number of hydrogen-bond acceptors (Lipinski definition) is 6. The Kier molecular flexibility index (Phi) is 7.19. The van der Waals surface area contributed by atoms with E-state index in [2.05, 4.69) is 20.7 Å². The number of alkyl halides is 3. The SMILES string of the molecule is CC(OC(=O)Nc1ccc(-c2c(C#N)c3cc(OC4COCOC4)ccc3n2C2CCC2)cc1)C(F)(F)F. The molecule has 2 aliphatic rings. The van der Waals surface area contributed by atoms with E-state index in [1.54, 1.807) is 24.3 Å². The zero-order valence-corrected chi connectivity index (χ0v) is 20.6. The van der Waals surface area contributed by atoms with E-state index in [9.17, 15) is 23.2 Å². The molecule has 1 atom stereocenters. The monoisotopic (exact) mass is 529 g/mol. The number of benzene rings is 2. The van der Waals surface area contributed by atoms with E-state index in [1.807, 2.05) is 18.2 Å². The molecule has 2 fully saturated rings. The van der Waals surface area contributed by atoms with Gasteiger partial charge in [-0.3, -0.25) is 5.32 Å². The van der Waals surface area contributed by atoms with Gasteiger partial charge in [-0.2, -0.15) is 18.4 Å². The lowest BCUT2D eigenvalue weighted by Gasteiger charge is -2.30. The highest BCUT2D eigenvalue weighted by Gasteiger charge is 2.39. The predicted molar refractivity (Wildman–Crippen MR) is 132 cm³/mol. The van der Waals surface area contributed by atoms with E-state index in [-0.39, 0.29) is 24.6 Å². The van der Waals surface area contributed by atoms with Crippen LogP contribution in [0.4, 0.5) is 23.7 Å². The first kappa shape index (κ1) is 25.9. The third-order valence-electron chi connectivity index (χ3n) is 6.75. The van der Waals surface area contributed by atoms with Crippen LogP contribution in [-0.4, -0.2) is 49.1 Å². The van der Waals surface area contributed by atoms with Crippen molar-refractivity contribution in [1.82, 2.24) is 4.57 Å². The third-order valence-corrected chi connectivity index (χ3v) is 6.75. The summed E-state index contributed by atoms with van der Waals surface area (Å²) < 4.78 is 61.2. The zero-order chi connectivity index (χ0) is 26.9. The summed E-state index contributed by atoms with van der Waals surface area (Å²) in [5.74, 6) is 0.608. The number of rotatable bonds is 6. The second kappa shape index (κ2) is 10.6. The lowest BCUT2D eigenvalue weighted by molar-refractivity contribution is -0.196. The highest BCUT2D eigenvalue weighted by molar-refractivity contribution is 5.96. The summed E-state index contributed by atoms with van der Waals surface area (Å²) in [7, 11) is 0. The maximum atomic E-state index is 12.7. The van der Waals surface area contributed by atoms with Gasteiger partial charge in [0.25, 0.3) is 0 Å². The molecular formula is C27H26F3N3O5. The van der Waals surface area contributed by atoms with E-state index in [0.717, 1.165) is 48.3 Å². The predicted octanol–water partition coefficient (Wildman–Crippen LogP) is 6.16. The van der Waals surface area contributed by atoms with Crippen LogP contribution in [0, 0.1) is 11.3 Å². The fraction of sp³-hybridized carbons (Fsp3) is 0.407. The Labute approximate surface area is 216 Å². The van der Waals surface area contributed by atoms with E-state index in [1.165, 1.54) is 0 Å². The quantitative estimate of drug-likeness (QED) is 0.411. The lowest BCUT2D eigenvalue weighted by atomic mass is 9.92. The number of carbonyl (C=O) groups excluding carboxylic acids is 1. The van der Waals surface area contributed by atoms with Gasteiger partial charge in [0.05, 0.1) is 30.0 Å². The molecule has 1 aromatic heterocycles. The smallest absolute Gasteiger partial charge is 0.425 e. The molecule has 38 heavy (non-hydrogen) atoms. The number of fused-ring (bicyclic) bond motifs is 1. The number of hydrogen-bond donors (Lipinski definition) is 1. The summed E-state index contributed by atoms with van der Waals surface area (Å²) in [6, 6.07) is 14.8. The normalized spacial score (nSPS) is 17.4. The molecule has 1 amide bonds. The fourth-order valence-electron chi connectivity index (χ4n) is 4.60. The maximum Gasteiger partial charge on any atom is 0.425 e. The summed E-state index contributed by atoms with van der Waals surface area (Å²) in [6.07, 6.45) is -5.26. The summed E-state index contributed by atoms with van der Waals surface area (Å²) in [5.41, 5.74) is 3.16. The number of ether oxygens (including phenoxy) is 4. The van der Waals surface area contributed by atoms with Gasteiger partial charge in [0.1, 0.15) is 24.7 Å². The number of halogens is 3. The number of carbonyl (C=O) groups is 1. The minimum absolute atomic E-state index is 0.234. The van der Waals surface area contributed by atoms with Crippen molar-refractivity contribution in [3.63, 3.8) is 0 Å². The number of anilines is 1. The van der Waals surface area contributed by atoms with Gasteiger partial charge < -0.3 is 23.5 Å². The first-order valence-electron chi connectivity index (χ1n) is 12.3. The molecule has 1 aliphatic carbocycles. The van der Waals surface area contributed by atoms with Crippen molar-refractivity contribution >= 4 is 22.7 Å². The van der Waals surface area contributed by atoms with Gasteiger partial charge in [0.2, 0.25) is 0 Å². The van der Waals surface area contributed by atoms with Crippen molar-refractivity contribution in [2.45, 2.75) is 50.6 Å². The standard InChI is InChI=1S/C27H26F3N3O5/c1-16(27(28,29)30)37-26(34)32-18-7-5-17(6-8-18)25-23(12-31)22-11-20(38-21-13-35-15-36-14-21)9-10-24(22)33(25)19-3-2-4-19/h5-11,16,19,21H,2-4,13-15H2,1H3,(H,32,34). The summed E-state index contributed by atoms with van der Waals surface area (Å²) >= 11 is 0. The van der Waals surface area contributed by atoms with Gasteiger partial charge in [-0.1, -0.05) is 12.1 Å². The maximum absolute atomic E-state index is 12.7. The minimum atomic E-state index is -4.65. The molecule has 11 heteroatoms. The van der Waals surface area contributed by atoms with Crippen LogP contribution in [0.1, 0.15) is 37.8 Å². The molecule has 1 aliphatic heterocycles. The number of nitrogens with one attached hydrogen (secondary N) is 1. The molecule has 8 nitrogen and oxygen atoms in total. The molecule has 1 saturated heterocycles. The Hall–Kier alpha value is -3.75. The van der Waals surface area contributed by atoms with Crippen LogP contribution in [0.2, 0.25) is 0 Å².